The molecule has 5 nitrogen and oxygen atoms in total. The van der Waals surface area contributed by atoms with Gasteiger partial charge in [0.15, 0.2) is 0 Å². The van der Waals surface area contributed by atoms with Crippen molar-refractivity contribution in [2.75, 3.05) is 11.9 Å². The summed E-state index contributed by atoms with van der Waals surface area (Å²) in [4.78, 5) is 4.28. The van der Waals surface area contributed by atoms with Crippen LogP contribution in [0.25, 0.3) is 11.4 Å². The maximum atomic E-state index is 4.28. The molecule has 0 amide bonds. The molecule has 2 aromatic heterocycles. The van der Waals surface area contributed by atoms with Crippen molar-refractivity contribution in [2.24, 2.45) is 7.05 Å². The van der Waals surface area contributed by atoms with Crippen molar-refractivity contribution >= 4 is 5.69 Å². The molecule has 15 heavy (non-hydrogen) atoms. The van der Waals surface area contributed by atoms with Crippen LogP contribution in [0.2, 0.25) is 0 Å². The lowest BCUT2D eigenvalue weighted by atomic mass is 10.2. The van der Waals surface area contributed by atoms with Gasteiger partial charge in [0.05, 0.1) is 11.9 Å². The van der Waals surface area contributed by atoms with Crippen molar-refractivity contribution < 1.29 is 0 Å². The number of hydrogen-bond acceptors (Lipinski definition) is 4. The average molecular weight is 203 g/mol. The van der Waals surface area contributed by atoms with Crippen LogP contribution in [0, 0.1) is 0 Å². The van der Waals surface area contributed by atoms with Crippen LogP contribution in [0.4, 0.5) is 5.69 Å². The number of nitrogens with one attached hydrogen (secondary N) is 1. The summed E-state index contributed by atoms with van der Waals surface area (Å²) in [5.74, 6) is 0. The number of pyridine rings is 1. The van der Waals surface area contributed by atoms with E-state index in [1.807, 2.05) is 19.2 Å². The Hall–Kier alpha value is -1.91. The summed E-state index contributed by atoms with van der Waals surface area (Å²) in [5.41, 5.74) is 2.85. The molecule has 0 aromatic carbocycles. The first-order chi connectivity index (χ1) is 7.31. The zero-order chi connectivity index (χ0) is 10.7. The molecular weight excluding hydrogens is 190 g/mol. The normalized spacial score (nSPS) is 10.3. The topological polar surface area (TPSA) is 55.6 Å². The molecule has 0 saturated carbocycles. The third kappa shape index (κ3) is 1.96. The summed E-state index contributed by atoms with van der Waals surface area (Å²) < 4.78 is 1.71. The van der Waals surface area contributed by atoms with Gasteiger partial charge in [0.2, 0.25) is 0 Å². The highest BCUT2D eigenvalue weighted by Crippen LogP contribution is 2.17. The zero-order valence-corrected chi connectivity index (χ0v) is 8.81. The molecule has 0 bridgehead atoms. The highest BCUT2D eigenvalue weighted by Gasteiger charge is 2.05. The SMILES string of the molecule is CCNc1ccnc(-c2cnnn2C)c1. The second kappa shape index (κ2) is 4.08. The van der Waals surface area contributed by atoms with Crippen LogP contribution in [-0.2, 0) is 7.05 Å². The van der Waals surface area contributed by atoms with Gasteiger partial charge in [-0.05, 0) is 19.1 Å². The van der Waals surface area contributed by atoms with E-state index in [4.69, 9.17) is 0 Å². The quantitative estimate of drug-likeness (QED) is 0.817. The van der Waals surface area contributed by atoms with Gasteiger partial charge in [-0.2, -0.15) is 0 Å². The van der Waals surface area contributed by atoms with Gasteiger partial charge < -0.3 is 5.32 Å². The van der Waals surface area contributed by atoms with Crippen LogP contribution >= 0.6 is 0 Å². The number of anilines is 1. The molecule has 0 aliphatic rings. The highest BCUT2D eigenvalue weighted by atomic mass is 15.4. The molecule has 0 unspecified atom stereocenters. The minimum atomic E-state index is 0.876. The van der Waals surface area contributed by atoms with Gasteiger partial charge in [-0.1, -0.05) is 5.21 Å². The Bertz CT molecular complexity index is 449. The van der Waals surface area contributed by atoms with E-state index in [-0.39, 0.29) is 0 Å². The van der Waals surface area contributed by atoms with Crippen molar-refractivity contribution in [3.63, 3.8) is 0 Å². The minimum Gasteiger partial charge on any atom is -0.385 e. The first kappa shape index (κ1) is 9.64. The first-order valence-corrected chi connectivity index (χ1v) is 4.86. The molecule has 2 rings (SSSR count). The fourth-order valence-electron chi connectivity index (χ4n) is 1.41. The zero-order valence-electron chi connectivity index (χ0n) is 8.81. The van der Waals surface area contributed by atoms with Crippen LogP contribution in [-0.4, -0.2) is 26.5 Å². The molecule has 0 aliphatic heterocycles. The van der Waals surface area contributed by atoms with Crippen LogP contribution < -0.4 is 5.32 Å². The summed E-state index contributed by atoms with van der Waals surface area (Å²) in [7, 11) is 1.85. The van der Waals surface area contributed by atoms with Crippen molar-refractivity contribution in [3.05, 3.63) is 24.5 Å². The van der Waals surface area contributed by atoms with Gasteiger partial charge in [0.1, 0.15) is 5.69 Å². The lowest BCUT2D eigenvalue weighted by Gasteiger charge is -2.04. The second-order valence-corrected chi connectivity index (χ2v) is 3.20. The highest BCUT2D eigenvalue weighted by molar-refractivity contribution is 5.59. The summed E-state index contributed by atoms with van der Waals surface area (Å²) in [6.45, 7) is 2.96. The Labute approximate surface area is 88.1 Å². The minimum absolute atomic E-state index is 0.876. The third-order valence-electron chi connectivity index (χ3n) is 2.12. The Morgan fingerprint density at radius 2 is 2.33 bits per heavy atom. The van der Waals surface area contributed by atoms with E-state index in [9.17, 15) is 0 Å². The summed E-state index contributed by atoms with van der Waals surface area (Å²) in [5, 5.41) is 10.9. The van der Waals surface area contributed by atoms with Crippen LogP contribution in [0.15, 0.2) is 24.5 Å². The fraction of sp³-hybridized carbons (Fsp3) is 0.300. The molecule has 0 spiro atoms. The predicted molar refractivity (Wildman–Crippen MR) is 58.4 cm³/mol. The van der Waals surface area contributed by atoms with Crippen molar-refractivity contribution in [1.82, 2.24) is 20.0 Å². The number of rotatable bonds is 3. The smallest absolute Gasteiger partial charge is 0.107 e. The van der Waals surface area contributed by atoms with E-state index >= 15 is 0 Å². The first-order valence-electron chi connectivity index (χ1n) is 4.86. The Morgan fingerprint density at radius 1 is 1.47 bits per heavy atom. The van der Waals surface area contributed by atoms with E-state index in [2.05, 4.69) is 27.5 Å². The van der Waals surface area contributed by atoms with Crippen molar-refractivity contribution in [1.29, 1.82) is 0 Å². The van der Waals surface area contributed by atoms with Gasteiger partial charge in [-0.3, -0.25) is 4.98 Å². The van der Waals surface area contributed by atoms with E-state index < -0.39 is 0 Å². The fourth-order valence-corrected chi connectivity index (χ4v) is 1.41. The average Bonchev–Trinajstić information content (AvgIpc) is 2.65. The molecule has 0 radical (unpaired) electrons. The molecular formula is C10H13N5. The van der Waals surface area contributed by atoms with Gasteiger partial charge in [-0.25, -0.2) is 4.68 Å². The van der Waals surface area contributed by atoms with Gasteiger partial charge >= 0.3 is 0 Å². The Balaban J connectivity index is 2.37. The van der Waals surface area contributed by atoms with E-state index in [0.29, 0.717) is 0 Å². The number of nitrogens with zero attached hydrogens (tertiary/aromatic N) is 4. The predicted octanol–water partition coefficient (Wildman–Crippen LogP) is 1.31. The standard InChI is InChI=1S/C10H13N5/c1-3-11-8-4-5-12-9(6-8)10-7-13-14-15(10)2/h4-7H,3H2,1-2H3,(H,11,12). The van der Waals surface area contributed by atoms with Crippen LogP contribution in [0.3, 0.4) is 0 Å². The molecule has 5 heteroatoms. The maximum Gasteiger partial charge on any atom is 0.107 e. The van der Waals surface area contributed by atoms with E-state index in [1.165, 1.54) is 0 Å². The van der Waals surface area contributed by atoms with Crippen molar-refractivity contribution in [2.45, 2.75) is 6.92 Å². The van der Waals surface area contributed by atoms with E-state index in [1.54, 1.807) is 17.1 Å². The molecule has 0 fully saturated rings. The summed E-state index contributed by atoms with van der Waals surface area (Å²) >= 11 is 0. The van der Waals surface area contributed by atoms with Crippen LogP contribution in [0.1, 0.15) is 6.92 Å². The van der Waals surface area contributed by atoms with Gasteiger partial charge in [0, 0.05) is 25.5 Å². The monoisotopic (exact) mass is 203 g/mol. The molecule has 0 atom stereocenters. The maximum absolute atomic E-state index is 4.28. The molecule has 0 saturated heterocycles. The largest absolute Gasteiger partial charge is 0.385 e. The molecule has 78 valence electrons. The van der Waals surface area contributed by atoms with Gasteiger partial charge in [-0.15, -0.1) is 5.10 Å². The number of aryl methyl sites for hydroxylation is 1. The molecule has 2 aromatic rings. The lowest BCUT2D eigenvalue weighted by molar-refractivity contribution is 0.719. The second-order valence-electron chi connectivity index (χ2n) is 3.20. The lowest BCUT2D eigenvalue weighted by Crippen LogP contribution is -1.99. The molecule has 1 N–H and O–H groups in total. The Morgan fingerprint density at radius 3 is 3.00 bits per heavy atom. The number of hydrogen-bond donors (Lipinski definition) is 1. The van der Waals surface area contributed by atoms with Gasteiger partial charge in [0.25, 0.3) is 0 Å². The molecule has 0 aliphatic carbocycles. The van der Waals surface area contributed by atoms with E-state index in [0.717, 1.165) is 23.6 Å². The molecule has 2 heterocycles. The summed E-state index contributed by atoms with van der Waals surface area (Å²) in [6, 6.07) is 3.93. The Kier molecular flexibility index (Phi) is 2.62. The number of aromatic nitrogens is 4. The van der Waals surface area contributed by atoms with Crippen LogP contribution in [0.5, 0.6) is 0 Å². The summed E-state index contributed by atoms with van der Waals surface area (Å²) in [6.07, 6.45) is 3.48. The van der Waals surface area contributed by atoms with Crippen molar-refractivity contribution in [3.8, 4) is 11.4 Å². The third-order valence-corrected chi connectivity index (χ3v) is 2.12.